The lowest BCUT2D eigenvalue weighted by Gasteiger charge is -2.19. The maximum atomic E-state index is 9.02. The van der Waals surface area contributed by atoms with Crippen LogP contribution in [0.5, 0.6) is 11.5 Å². The maximum Gasteiger partial charge on any atom is 0.230 e. The molecule has 0 saturated carbocycles. The van der Waals surface area contributed by atoms with Crippen molar-refractivity contribution in [3.05, 3.63) is 59.2 Å². The molecule has 0 saturated heterocycles. The van der Waals surface area contributed by atoms with Gasteiger partial charge in [-0.2, -0.15) is 5.26 Å². The van der Waals surface area contributed by atoms with Crippen molar-refractivity contribution < 1.29 is 9.47 Å². The molecule has 0 bridgehead atoms. The van der Waals surface area contributed by atoms with Gasteiger partial charge in [-0.3, -0.25) is 0 Å². The highest BCUT2D eigenvalue weighted by Gasteiger charge is 2.13. The average Bonchev–Trinajstić information content (AvgIpc) is 2.54. The summed E-state index contributed by atoms with van der Waals surface area (Å²) in [6.45, 7) is 10.9. The predicted octanol–water partition coefficient (Wildman–Crippen LogP) is 5.39. The van der Waals surface area contributed by atoms with Gasteiger partial charge in [0.1, 0.15) is 11.5 Å². The third-order valence-corrected chi connectivity index (χ3v) is 3.92. The third-order valence-electron chi connectivity index (χ3n) is 3.92. The zero-order valence-corrected chi connectivity index (χ0v) is 15.1. The van der Waals surface area contributed by atoms with E-state index in [1.54, 1.807) is 6.07 Å². The van der Waals surface area contributed by atoms with Crippen molar-refractivity contribution in [3.63, 3.8) is 0 Å². The molecule has 2 aromatic rings. The molecule has 0 fully saturated rings. The van der Waals surface area contributed by atoms with Gasteiger partial charge in [-0.15, -0.1) is 0 Å². The topological polar surface area (TPSA) is 42.2 Å². The minimum atomic E-state index is 0.129. The Bertz CT molecular complexity index is 719. The van der Waals surface area contributed by atoms with Crippen LogP contribution in [-0.2, 0) is 5.41 Å². The number of nitriles is 1. The Morgan fingerprint density at radius 1 is 1.00 bits per heavy atom. The summed E-state index contributed by atoms with van der Waals surface area (Å²) < 4.78 is 11.4. The highest BCUT2D eigenvalue weighted by Crippen LogP contribution is 2.28. The van der Waals surface area contributed by atoms with Gasteiger partial charge in [0, 0.05) is 0 Å². The Morgan fingerprint density at radius 2 is 1.67 bits per heavy atom. The molecule has 2 aromatic carbocycles. The zero-order valence-electron chi connectivity index (χ0n) is 15.1. The fourth-order valence-corrected chi connectivity index (χ4v) is 2.41. The van der Waals surface area contributed by atoms with Crippen molar-refractivity contribution in [2.75, 3.05) is 6.79 Å². The first-order valence-electron chi connectivity index (χ1n) is 8.21. The second kappa shape index (κ2) is 7.40. The quantitative estimate of drug-likeness (QED) is 0.692. The van der Waals surface area contributed by atoms with Crippen LogP contribution in [0.1, 0.15) is 57.2 Å². The molecule has 3 heteroatoms. The van der Waals surface area contributed by atoms with E-state index in [1.165, 1.54) is 5.56 Å². The summed E-state index contributed by atoms with van der Waals surface area (Å²) in [6.07, 6.45) is 0. The summed E-state index contributed by atoms with van der Waals surface area (Å²) in [6, 6.07) is 15.7. The van der Waals surface area contributed by atoms with E-state index in [9.17, 15) is 0 Å². The fourth-order valence-electron chi connectivity index (χ4n) is 2.41. The third kappa shape index (κ3) is 4.52. The van der Waals surface area contributed by atoms with E-state index in [-0.39, 0.29) is 18.1 Å². The van der Waals surface area contributed by atoms with Crippen LogP contribution in [0.4, 0.5) is 0 Å². The lowest BCUT2D eigenvalue weighted by atomic mass is 9.87. The predicted molar refractivity (Wildman–Crippen MR) is 96.5 cm³/mol. The molecule has 0 unspecified atom stereocenters. The molecule has 0 atom stereocenters. The van der Waals surface area contributed by atoms with Crippen molar-refractivity contribution >= 4 is 0 Å². The van der Waals surface area contributed by atoms with E-state index in [0.717, 1.165) is 17.1 Å². The zero-order chi connectivity index (χ0) is 17.7. The molecule has 0 aliphatic heterocycles. The van der Waals surface area contributed by atoms with Crippen molar-refractivity contribution in [2.45, 2.75) is 46.0 Å². The molecule has 2 rings (SSSR count). The summed E-state index contributed by atoms with van der Waals surface area (Å²) >= 11 is 0. The molecule has 0 spiro atoms. The molecule has 0 heterocycles. The Hall–Kier alpha value is -2.47. The summed E-state index contributed by atoms with van der Waals surface area (Å²) in [5.74, 6) is 1.82. The van der Waals surface area contributed by atoms with E-state index in [2.05, 4.69) is 52.8 Å². The largest absolute Gasteiger partial charge is 0.458 e. The lowest BCUT2D eigenvalue weighted by molar-refractivity contribution is 0.118. The summed E-state index contributed by atoms with van der Waals surface area (Å²) in [4.78, 5) is 0. The van der Waals surface area contributed by atoms with Crippen LogP contribution in [0.3, 0.4) is 0 Å². The molecule has 3 nitrogen and oxygen atoms in total. The molecule has 24 heavy (non-hydrogen) atoms. The van der Waals surface area contributed by atoms with Gasteiger partial charge < -0.3 is 9.47 Å². The van der Waals surface area contributed by atoms with E-state index in [0.29, 0.717) is 5.56 Å². The van der Waals surface area contributed by atoms with Gasteiger partial charge in [-0.1, -0.05) is 46.8 Å². The number of rotatable bonds is 5. The van der Waals surface area contributed by atoms with Crippen LogP contribution in [0.25, 0.3) is 0 Å². The van der Waals surface area contributed by atoms with E-state index in [4.69, 9.17) is 14.7 Å². The second-order valence-corrected chi connectivity index (χ2v) is 7.20. The van der Waals surface area contributed by atoms with Gasteiger partial charge in [-0.05, 0) is 52.8 Å². The molecule has 0 radical (unpaired) electrons. The minimum absolute atomic E-state index is 0.129. The lowest BCUT2D eigenvalue weighted by Crippen LogP contribution is -2.11. The Balaban J connectivity index is 2.01. The number of nitrogens with zero attached hydrogens (tertiary/aromatic N) is 1. The summed E-state index contributed by atoms with van der Waals surface area (Å²) in [7, 11) is 0. The van der Waals surface area contributed by atoms with Crippen LogP contribution >= 0.6 is 0 Å². The van der Waals surface area contributed by atoms with Crippen molar-refractivity contribution in [3.8, 4) is 17.6 Å². The normalized spacial score (nSPS) is 11.2. The highest BCUT2D eigenvalue weighted by molar-refractivity contribution is 5.43. The SMILES string of the molecule is CC(C)c1cc(C#N)ccc1OCOc1ccc(C(C)(C)C)cc1. The monoisotopic (exact) mass is 323 g/mol. The molecular formula is C21H25NO2. The summed E-state index contributed by atoms with van der Waals surface area (Å²) in [5, 5.41) is 9.02. The molecule has 0 aliphatic carbocycles. The Morgan fingerprint density at radius 3 is 2.21 bits per heavy atom. The van der Waals surface area contributed by atoms with Crippen LogP contribution in [0, 0.1) is 11.3 Å². The van der Waals surface area contributed by atoms with Gasteiger partial charge in [0.15, 0.2) is 0 Å². The van der Waals surface area contributed by atoms with Crippen LogP contribution in [-0.4, -0.2) is 6.79 Å². The van der Waals surface area contributed by atoms with Crippen molar-refractivity contribution in [2.24, 2.45) is 0 Å². The van der Waals surface area contributed by atoms with Crippen LogP contribution < -0.4 is 9.47 Å². The van der Waals surface area contributed by atoms with E-state index >= 15 is 0 Å². The molecule has 0 N–H and O–H groups in total. The molecule has 0 amide bonds. The smallest absolute Gasteiger partial charge is 0.230 e. The standard InChI is InChI=1S/C21H25NO2/c1-15(2)19-12-16(13-22)6-11-20(19)24-14-23-18-9-7-17(8-10-18)21(3,4)5/h6-12,15H,14H2,1-5H3. The number of benzene rings is 2. The first-order valence-corrected chi connectivity index (χ1v) is 8.21. The fraction of sp³-hybridized carbons (Fsp3) is 0.381. The van der Waals surface area contributed by atoms with Gasteiger partial charge in [0.05, 0.1) is 11.6 Å². The number of hydrogen-bond donors (Lipinski definition) is 0. The molecule has 0 aromatic heterocycles. The van der Waals surface area contributed by atoms with Gasteiger partial charge in [0.2, 0.25) is 6.79 Å². The van der Waals surface area contributed by atoms with Crippen molar-refractivity contribution in [1.29, 1.82) is 5.26 Å². The second-order valence-electron chi connectivity index (χ2n) is 7.20. The minimum Gasteiger partial charge on any atom is -0.458 e. The first kappa shape index (κ1) is 17.9. The average molecular weight is 323 g/mol. The first-order chi connectivity index (χ1) is 11.3. The van der Waals surface area contributed by atoms with E-state index < -0.39 is 0 Å². The maximum absolute atomic E-state index is 9.02. The Kier molecular flexibility index (Phi) is 5.51. The number of hydrogen-bond acceptors (Lipinski definition) is 3. The van der Waals surface area contributed by atoms with E-state index in [1.807, 2.05) is 24.3 Å². The molecule has 0 aliphatic rings. The van der Waals surface area contributed by atoms with Gasteiger partial charge in [-0.25, -0.2) is 0 Å². The molecular weight excluding hydrogens is 298 g/mol. The number of ether oxygens (including phenoxy) is 2. The highest BCUT2D eigenvalue weighted by atomic mass is 16.7. The Labute approximate surface area is 144 Å². The van der Waals surface area contributed by atoms with Gasteiger partial charge in [0.25, 0.3) is 0 Å². The molecule has 126 valence electrons. The van der Waals surface area contributed by atoms with Gasteiger partial charge >= 0.3 is 0 Å². The van der Waals surface area contributed by atoms with Crippen molar-refractivity contribution in [1.82, 2.24) is 0 Å². The summed E-state index contributed by atoms with van der Waals surface area (Å²) in [5.41, 5.74) is 3.05. The van der Waals surface area contributed by atoms with Crippen LogP contribution in [0.2, 0.25) is 0 Å². The van der Waals surface area contributed by atoms with Crippen LogP contribution in [0.15, 0.2) is 42.5 Å².